The first-order chi connectivity index (χ1) is 10.4. The van der Waals surface area contributed by atoms with Gasteiger partial charge < -0.3 is 10.2 Å². The fraction of sp³-hybridized carbons (Fsp3) is 0.250. The molecular weight excluding hydrogens is 321 g/mol. The van der Waals surface area contributed by atoms with E-state index in [-0.39, 0.29) is 11.9 Å². The molecule has 0 radical (unpaired) electrons. The summed E-state index contributed by atoms with van der Waals surface area (Å²) in [5.74, 6) is 0.407. The van der Waals surface area contributed by atoms with Crippen molar-refractivity contribution in [3.05, 3.63) is 57.7 Å². The van der Waals surface area contributed by atoms with E-state index in [0.29, 0.717) is 21.4 Å². The molecule has 1 unspecified atom stereocenters. The van der Waals surface area contributed by atoms with E-state index in [2.05, 4.69) is 10.3 Å². The average molecular weight is 338 g/mol. The SMILES string of the molecule is CC(NC(=O)c1cccnc1N(C)C)c1cccc(Cl)c1Cl. The van der Waals surface area contributed by atoms with E-state index in [0.717, 1.165) is 5.56 Å². The van der Waals surface area contributed by atoms with E-state index in [1.54, 1.807) is 29.3 Å². The number of benzene rings is 1. The van der Waals surface area contributed by atoms with Crippen molar-refractivity contribution >= 4 is 34.9 Å². The molecule has 6 heteroatoms. The molecule has 2 rings (SSSR count). The van der Waals surface area contributed by atoms with Crippen molar-refractivity contribution in [2.45, 2.75) is 13.0 Å². The molecule has 4 nitrogen and oxygen atoms in total. The average Bonchev–Trinajstić information content (AvgIpc) is 2.49. The van der Waals surface area contributed by atoms with Gasteiger partial charge >= 0.3 is 0 Å². The third-order valence-electron chi connectivity index (χ3n) is 3.25. The van der Waals surface area contributed by atoms with Gasteiger partial charge in [-0.1, -0.05) is 35.3 Å². The summed E-state index contributed by atoms with van der Waals surface area (Å²) in [4.78, 5) is 18.5. The van der Waals surface area contributed by atoms with E-state index in [1.165, 1.54) is 0 Å². The minimum atomic E-state index is -0.270. The van der Waals surface area contributed by atoms with E-state index in [9.17, 15) is 4.79 Å². The van der Waals surface area contributed by atoms with E-state index >= 15 is 0 Å². The highest BCUT2D eigenvalue weighted by atomic mass is 35.5. The first-order valence-electron chi connectivity index (χ1n) is 6.79. The second kappa shape index (κ2) is 6.99. The minimum absolute atomic E-state index is 0.208. The quantitative estimate of drug-likeness (QED) is 0.918. The molecule has 0 aliphatic heterocycles. The molecule has 0 aliphatic carbocycles. The Hall–Kier alpha value is -1.78. The lowest BCUT2D eigenvalue weighted by atomic mass is 10.1. The highest BCUT2D eigenvalue weighted by Gasteiger charge is 2.18. The molecule has 1 atom stereocenters. The number of carbonyl (C=O) groups is 1. The van der Waals surface area contributed by atoms with Gasteiger partial charge in [-0.3, -0.25) is 4.79 Å². The summed E-state index contributed by atoms with van der Waals surface area (Å²) in [5, 5.41) is 3.85. The molecule has 0 saturated heterocycles. The standard InChI is InChI=1S/C16H17Cl2N3O/c1-10(11-6-4-8-13(17)14(11)18)20-16(22)12-7-5-9-19-15(12)21(2)3/h4-10H,1-3H3,(H,20,22). The first-order valence-corrected chi connectivity index (χ1v) is 7.54. The van der Waals surface area contributed by atoms with Crippen LogP contribution in [0.25, 0.3) is 0 Å². The molecule has 22 heavy (non-hydrogen) atoms. The van der Waals surface area contributed by atoms with Gasteiger partial charge in [-0.05, 0) is 30.7 Å². The second-order valence-electron chi connectivity index (χ2n) is 5.11. The molecule has 0 aliphatic rings. The molecule has 1 heterocycles. The summed E-state index contributed by atoms with van der Waals surface area (Å²) in [6, 6.07) is 8.57. The number of aromatic nitrogens is 1. The van der Waals surface area contributed by atoms with Crippen LogP contribution < -0.4 is 10.2 Å². The Kier molecular flexibility index (Phi) is 5.27. The molecule has 1 N–H and O–H groups in total. The lowest BCUT2D eigenvalue weighted by Gasteiger charge is -2.19. The summed E-state index contributed by atoms with van der Waals surface area (Å²) >= 11 is 12.2. The zero-order chi connectivity index (χ0) is 16.3. The molecule has 0 saturated carbocycles. The van der Waals surface area contributed by atoms with Gasteiger partial charge in [0.15, 0.2) is 0 Å². The minimum Gasteiger partial charge on any atom is -0.362 e. The molecule has 1 aromatic carbocycles. The zero-order valence-electron chi connectivity index (χ0n) is 12.6. The van der Waals surface area contributed by atoms with Crippen LogP contribution in [0.15, 0.2) is 36.5 Å². The van der Waals surface area contributed by atoms with Crippen LogP contribution in [0, 0.1) is 0 Å². The van der Waals surface area contributed by atoms with Gasteiger partial charge in [0, 0.05) is 20.3 Å². The van der Waals surface area contributed by atoms with Crippen molar-refractivity contribution in [3.63, 3.8) is 0 Å². The summed E-state index contributed by atoms with van der Waals surface area (Å²) in [7, 11) is 3.69. The van der Waals surface area contributed by atoms with Crippen molar-refractivity contribution < 1.29 is 4.79 Å². The summed E-state index contributed by atoms with van der Waals surface area (Å²) in [6.07, 6.45) is 1.66. The predicted octanol–water partition coefficient (Wildman–Crippen LogP) is 3.95. The van der Waals surface area contributed by atoms with Crippen molar-refractivity contribution in [1.29, 1.82) is 0 Å². The van der Waals surface area contributed by atoms with Crippen molar-refractivity contribution in [3.8, 4) is 0 Å². The van der Waals surface area contributed by atoms with Crippen LogP contribution in [0.2, 0.25) is 10.0 Å². The van der Waals surface area contributed by atoms with Gasteiger partial charge in [0.05, 0.1) is 21.7 Å². The van der Waals surface area contributed by atoms with Gasteiger partial charge in [-0.2, -0.15) is 0 Å². The monoisotopic (exact) mass is 337 g/mol. The molecular formula is C16H17Cl2N3O. The fourth-order valence-corrected chi connectivity index (χ4v) is 2.61. The van der Waals surface area contributed by atoms with Crippen LogP contribution in [0.3, 0.4) is 0 Å². The maximum Gasteiger partial charge on any atom is 0.255 e. The van der Waals surface area contributed by atoms with Gasteiger partial charge in [-0.15, -0.1) is 0 Å². The van der Waals surface area contributed by atoms with Crippen molar-refractivity contribution in [2.75, 3.05) is 19.0 Å². The van der Waals surface area contributed by atoms with Crippen LogP contribution >= 0.6 is 23.2 Å². The smallest absolute Gasteiger partial charge is 0.255 e. The normalized spacial score (nSPS) is 11.9. The van der Waals surface area contributed by atoms with Crippen LogP contribution in [0.4, 0.5) is 5.82 Å². The topological polar surface area (TPSA) is 45.2 Å². The fourth-order valence-electron chi connectivity index (χ4n) is 2.14. The van der Waals surface area contributed by atoms with Crippen LogP contribution in [-0.2, 0) is 0 Å². The third kappa shape index (κ3) is 3.51. The highest BCUT2D eigenvalue weighted by molar-refractivity contribution is 6.42. The lowest BCUT2D eigenvalue weighted by molar-refractivity contribution is 0.0940. The Balaban J connectivity index is 2.24. The van der Waals surface area contributed by atoms with Crippen LogP contribution in [0.1, 0.15) is 28.9 Å². The number of nitrogens with zero attached hydrogens (tertiary/aromatic N) is 2. The Morgan fingerprint density at radius 2 is 1.95 bits per heavy atom. The van der Waals surface area contributed by atoms with Crippen LogP contribution in [-0.4, -0.2) is 25.0 Å². The number of nitrogens with one attached hydrogen (secondary N) is 1. The van der Waals surface area contributed by atoms with Gasteiger partial charge in [-0.25, -0.2) is 4.98 Å². The second-order valence-corrected chi connectivity index (χ2v) is 5.89. The maximum atomic E-state index is 12.5. The predicted molar refractivity (Wildman–Crippen MR) is 90.9 cm³/mol. The largest absolute Gasteiger partial charge is 0.362 e. The molecule has 1 amide bonds. The molecule has 0 fully saturated rings. The van der Waals surface area contributed by atoms with E-state index in [1.807, 2.05) is 33.2 Å². The number of carbonyl (C=O) groups excluding carboxylic acids is 1. The number of halogens is 2. The lowest BCUT2D eigenvalue weighted by Crippen LogP contribution is -2.29. The van der Waals surface area contributed by atoms with Gasteiger partial charge in [0.25, 0.3) is 5.91 Å². The van der Waals surface area contributed by atoms with Crippen LogP contribution in [0.5, 0.6) is 0 Å². The van der Waals surface area contributed by atoms with E-state index in [4.69, 9.17) is 23.2 Å². The number of hydrogen-bond acceptors (Lipinski definition) is 3. The molecule has 0 bridgehead atoms. The Morgan fingerprint density at radius 1 is 1.23 bits per heavy atom. The van der Waals surface area contributed by atoms with E-state index < -0.39 is 0 Å². The number of hydrogen-bond donors (Lipinski definition) is 1. The molecule has 1 aromatic heterocycles. The third-order valence-corrected chi connectivity index (χ3v) is 4.08. The number of pyridine rings is 1. The Morgan fingerprint density at radius 3 is 2.64 bits per heavy atom. The van der Waals surface area contributed by atoms with Gasteiger partial charge in [0.2, 0.25) is 0 Å². The van der Waals surface area contributed by atoms with Crippen molar-refractivity contribution in [1.82, 2.24) is 10.3 Å². The summed E-state index contributed by atoms with van der Waals surface area (Å²) in [6.45, 7) is 1.86. The zero-order valence-corrected chi connectivity index (χ0v) is 14.1. The highest BCUT2D eigenvalue weighted by Crippen LogP contribution is 2.30. The molecule has 116 valence electrons. The van der Waals surface area contributed by atoms with Gasteiger partial charge in [0.1, 0.15) is 5.82 Å². The maximum absolute atomic E-state index is 12.5. The Labute approximate surface area is 140 Å². The number of amides is 1. The summed E-state index contributed by atoms with van der Waals surface area (Å²) < 4.78 is 0. The van der Waals surface area contributed by atoms with Crippen molar-refractivity contribution in [2.24, 2.45) is 0 Å². The molecule has 0 spiro atoms. The number of anilines is 1. The first kappa shape index (κ1) is 16.6. The summed E-state index contributed by atoms with van der Waals surface area (Å²) in [5.41, 5.74) is 1.29. The Bertz CT molecular complexity index is 689. The number of rotatable bonds is 4. The molecule has 2 aromatic rings.